The van der Waals surface area contributed by atoms with Crippen molar-refractivity contribution in [2.75, 3.05) is 6.54 Å². The topological polar surface area (TPSA) is 32.3 Å². The predicted octanol–water partition coefficient (Wildman–Crippen LogP) is 2.70. The summed E-state index contributed by atoms with van der Waals surface area (Å²) in [6.45, 7) is 1.81. The Bertz CT molecular complexity index is 325. The van der Waals surface area contributed by atoms with Gasteiger partial charge in [0.1, 0.15) is 0 Å². The average Bonchev–Trinajstić information content (AvgIpc) is 2.68. The van der Waals surface area contributed by atoms with E-state index in [1.165, 1.54) is 12.0 Å². The van der Waals surface area contributed by atoms with Crippen LogP contribution >= 0.6 is 15.9 Å². The van der Waals surface area contributed by atoms with Crippen LogP contribution < -0.4 is 5.32 Å². The molecule has 0 aromatic heterocycles. The summed E-state index contributed by atoms with van der Waals surface area (Å²) < 4.78 is 1.11. The molecule has 0 radical (unpaired) electrons. The largest absolute Gasteiger partial charge is 0.393 e. The van der Waals surface area contributed by atoms with Crippen LogP contribution in [-0.2, 0) is 6.54 Å². The van der Waals surface area contributed by atoms with Gasteiger partial charge in [-0.25, -0.2) is 0 Å². The molecule has 0 heterocycles. The van der Waals surface area contributed by atoms with Gasteiger partial charge in [-0.05, 0) is 36.5 Å². The highest BCUT2D eigenvalue weighted by Crippen LogP contribution is 2.24. The molecule has 1 aromatic carbocycles. The zero-order valence-electron chi connectivity index (χ0n) is 9.32. The molecule has 16 heavy (non-hydrogen) atoms. The van der Waals surface area contributed by atoms with Gasteiger partial charge in [0.05, 0.1) is 6.10 Å². The highest BCUT2D eigenvalue weighted by molar-refractivity contribution is 9.10. The lowest BCUT2D eigenvalue weighted by molar-refractivity contribution is 0.131. The van der Waals surface area contributed by atoms with Gasteiger partial charge in [-0.1, -0.05) is 34.5 Å². The Balaban J connectivity index is 1.73. The summed E-state index contributed by atoms with van der Waals surface area (Å²) >= 11 is 3.42. The molecular formula is C13H18BrNO. The van der Waals surface area contributed by atoms with E-state index in [0.29, 0.717) is 5.92 Å². The molecule has 3 heteroatoms. The van der Waals surface area contributed by atoms with E-state index in [2.05, 4.69) is 45.5 Å². The maximum atomic E-state index is 9.68. The van der Waals surface area contributed by atoms with Crippen LogP contribution in [0.3, 0.4) is 0 Å². The van der Waals surface area contributed by atoms with Crippen molar-refractivity contribution in [2.45, 2.75) is 31.9 Å². The van der Waals surface area contributed by atoms with Gasteiger partial charge >= 0.3 is 0 Å². The van der Waals surface area contributed by atoms with Gasteiger partial charge in [-0.3, -0.25) is 0 Å². The number of hydrogen-bond donors (Lipinski definition) is 2. The lowest BCUT2D eigenvalue weighted by Gasteiger charge is -2.15. The molecule has 2 atom stereocenters. The number of aliphatic hydroxyl groups is 1. The molecule has 1 fully saturated rings. The lowest BCUT2D eigenvalue weighted by atomic mass is 10.1. The molecule has 1 aliphatic carbocycles. The van der Waals surface area contributed by atoms with Gasteiger partial charge in [0.15, 0.2) is 0 Å². The SMILES string of the molecule is OC1CCCC1CNCc1ccc(Br)cc1. The Morgan fingerprint density at radius 3 is 2.62 bits per heavy atom. The van der Waals surface area contributed by atoms with Crippen LogP contribution in [0.4, 0.5) is 0 Å². The second kappa shape index (κ2) is 5.80. The molecule has 2 rings (SSSR count). The second-order valence-electron chi connectivity index (χ2n) is 4.52. The van der Waals surface area contributed by atoms with Crippen LogP contribution in [0.5, 0.6) is 0 Å². The minimum atomic E-state index is -0.0857. The Morgan fingerprint density at radius 2 is 2.00 bits per heavy atom. The number of nitrogens with one attached hydrogen (secondary N) is 1. The molecule has 88 valence electrons. The maximum absolute atomic E-state index is 9.68. The first-order chi connectivity index (χ1) is 7.75. The quantitative estimate of drug-likeness (QED) is 0.891. The maximum Gasteiger partial charge on any atom is 0.0580 e. The van der Waals surface area contributed by atoms with Gasteiger partial charge < -0.3 is 10.4 Å². The highest BCUT2D eigenvalue weighted by atomic mass is 79.9. The van der Waals surface area contributed by atoms with E-state index >= 15 is 0 Å². The third-order valence-electron chi connectivity index (χ3n) is 3.27. The molecule has 0 spiro atoms. The summed E-state index contributed by atoms with van der Waals surface area (Å²) in [4.78, 5) is 0. The van der Waals surface area contributed by atoms with Crippen molar-refractivity contribution in [2.24, 2.45) is 5.92 Å². The van der Waals surface area contributed by atoms with E-state index in [1.54, 1.807) is 0 Å². The van der Waals surface area contributed by atoms with Crippen molar-refractivity contribution >= 4 is 15.9 Å². The number of halogens is 1. The fraction of sp³-hybridized carbons (Fsp3) is 0.538. The fourth-order valence-corrected chi connectivity index (χ4v) is 2.52. The average molecular weight is 284 g/mol. The molecule has 1 aliphatic rings. The zero-order chi connectivity index (χ0) is 11.4. The minimum absolute atomic E-state index is 0.0857. The summed E-state index contributed by atoms with van der Waals surface area (Å²) in [5.41, 5.74) is 1.29. The van der Waals surface area contributed by atoms with Gasteiger partial charge in [-0.2, -0.15) is 0 Å². The minimum Gasteiger partial charge on any atom is -0.393 e. The van der Waals surface area contributed by atoms with Gasteiger partial charge in [0.2, 0.25) is 0 Å². The normalized spacial score (nSPS) is 24.9. The predicted molar refractivity (Wildman–Crippen MR) is 69.2 cm³/mol. The molecule has 0 amide bonds. The number of aliphatic hydroxyl groups excluding tert-OH is 1. The second-order valence-corrected chi connectivity index (χ2v) is 5.43. The fourth-order valence-electron chi connectivity index (χ4n) is 2.26. The van der Waals surface area contributed by atoms with E-state index in [1.807, 2.05) is 0 Å². The van der Waals surface area contributed by atoms with Crippen LogP contribution in [0.1, 0.15) is 24.8 Å². The Kier molecular flexibility index (Phi) is 4.38. The van der Waals surface area contributed by atoms with E-state index in [0.717, 1.165) is 30.4 Å². The van der Waals surface area contributed by atoms with Crippen LogP contribution in [0, 0.1) is 5.92 Å². The standard InChI is InChI=1S/C13H18BrNO/c14-12-6-4-10(5-7-12)8-15-9-11-2-1-3-13(11)16/h4-7,11,13,15-16H,1-3,8-9H2. The molecule has 2 unspecified atom stereocenters. The molecule has 1 saturated carbocycles. The van der Waals surface area contributed by atoms with Crippen LogP contribution in [0.2, 0.25) is 0 Å². The number of rotatable bonds is 4. The smallest absolute Gasteiger partial charge is 0.0580 e. The molecule has 0 aliphatic heterocycles. The summed E-state index contributed by atoms with van der Waals surface area (Å²) in [5, 5.41) is 13.1. The van der Waals surface area contributed by atoms with E-state index in [-0.39, 0.29) is 6.10 Å². The highest BCUT2D eigenvalue weighted by Gasteiger charge is 2.24. The first-order valence-corrected chi connectivity index (χ1v) is 6.68. The van der Waals surface area contributed by atoms with Crippen molar-refractivity contribution in [3.8, 4) is 0 Å². The van der Waals surface area contributed by atoms with Crippen molar-refractivity contribution in [1.29, 1.82) is 0 Å². The van der Waals surface area contributed by atoms with Gasteiger partial charge in [0.25, 0.3) is 0 Å². The van der Waals surface area contributed by atoms with E-state index < -0.39 is 0 Å². The van der Waals surface area contributed by atoms with Crippen molar-refractivity contribution < 1.29 is 5.11 Å². The van der Waals surface area contributed by atoms with E-state index in [4.69, 9.17) is 0 Å². The summed E-state index contributed by atoms with van der Waals surface area (Å²) in [5.74, 6) is 0.454. The molecule has 1 aromatic rings. The lowest BCUT2D eigenvalue weighted by Crippen LogP contribution is -2.27. The van der Waals surface area contributed by atoms with Crippen LogP contribution in [0.15, 0.2) is 28.7 Å². The molecular weight excluding hydrogens is 266 g/mol. The van der Waals surface area contributed by atoms with E-state index in [9.17, 15) is 5.11 Å². The monoisotopic (exact) mass is 283 g/mol. The summed E-state index contributed by atoms with van der Waals surface area (Å²) in [6, 6.07) is 8.34. The number of hydrogen-bond acceptors (Lipinski definition) is 2. The van der Waals surface area contributed by atoms with Crippen molar-refractivity contribution in [3.63, 3.8) is 0 Å². The Hall–Kier alpha value is -0.380. The molecule has 0 bridgehead atoms. The third kappa shape index (κ3) is 3.30. The molecule has 2 N–H and O–H groups in total. The first-order valence-electron chi connectivity index (χ1n) is 5.89. The van der Waals surface area contributed by atoms with Crippen LogP contribution in [-0.4, -0.2) is 17.8 Å². The Morgan fingerprint density at radius 1 is 1.25 bits per heavy atom. The zero-order valence-corrected chi connectivity index (χ0v) is 10.9. The van der Waals surface area contributed by atoms with Gasteiger partial charge in [0, 0.05) is 17.6 Å². The first kappa shape index (κ1) is 12.1. The van der Waals surface area contributed by atoms with Crippen LogP contribution in [0.25, 0.3) is 0 Å². The van der Waals surface area contributed by atoms with Crippen molar-refractivity contribution in [1.82, 2.24) is 5.32 Å². The molecule has 0 saturated heterocycles. The third-order valence-corrected chi connectivity index (χ3v) is 3.80. The van der Waals surface area contributed by atoms with Gasteiger partial charge in [-0.15, -0.1) is 0 Å². The number of benzene rings is 1. The molecule has 2 nitrogen and oxygen atoms in total. The Labute approximate surface area is 105 Å². The summed E-state index contributed by atoms with van der Waals surface area (Å²) in [7, 11) is 0. The summed E-state index contributed by atoms with van der Waals surface area (Å²) in [6.07, 6.45) is 3.22. The van der Waals surface area contributed by atoms with Crippen molar-refractivity contribution in [3.05, 3.63) is 34.3 Å².